The molecule has 0 radical (unpaired) electrons. The highest BCUT2D eigenvalue weighted by molar-refractivity contribution is 5.90. The Hall–Kier alpha value is -3.93. The highest BCUT2D eigenvalue weighted by Gasteiger charge is 2.40. The maximum absolute atomic E-state index is 13.8. The Labute approximate surface area is 205 Å². The molecule has 0 saturated carbocycles. The van der Waals surface area contributed by atoms with Gasteiger partial charge in [0.15, 0.2) is 0 Å². The number of carbonyl (C=O) groups is 2. The first-order valence-corrected chi connectivity index (χ1v) is 12.2. The van der Waals surface area contributed by atoms with E-state index in [0.29, 0.717) is 13.1 Å². The Morgan fingerprint density at radius 3 is 2.31 bits per heavy atom. The van der Waals surface area contributed by atoms with Crippen LogP contribution in [0.25, 0.3) is 11.0 Å². The van der Waals surface area contributed by atoms with E-state index in [1.165, 1.54) is 5.56 Å². The summed E-state index contributed by atoms with van der Waals surface area (Å²) in [4.78, 5) is 33.5. The molecule has 0 saturated heterocycles. The molecule has 1 aliphatic rings. The van der Waals surface area contributed by atoms with Crippen LogP contribution in [-0.2, 0) is 22.6 Å². The predicted octanol–water partition coefficient (Wildman–Crippen LogP) is 4.82. The third kappa shape index (κ3) is 4.83. The molecule has 6 nitrogen and oxygen atoms in total. The molecule has 5 rings (SSSR count). The summed E-state index contributed by atoms with van der Waals surface area (Å²) >= 11 is 0. The fraction of sp³-hybridized carbons (Fsp3) is 0.276. The summed E-state index contributed by atoms with van der Waals surface area (Å²) in [5.74, 6) is 0.661. The van der Waals surface area contributed by atoms with E-state index in [1.807, 2.05) is 89.2 Å². The van der Waals surface area contributed by atoms with Gasteiger partial charge in [-0.05, 0) is 43.0 Å². The topological polar surface area (TPSA) is 67.2 Å². The van der Waals surface area contributed by atoms with Gasteiger partial charge in [-0.1, -0.05) is 72.8 Å². The van der Waals surface area contributed by atoms with Crippen molar-refractivity contribution >= 4 is 22.8 Å². The van der Waals surface area contributed by atoms with Crippen LogP contribution in [0.4, 0.5) is 0 Å². The van der Waals surface area contributed by atoms with Gasteiger partial charge in [0, 0.05) is 13.1 Å². The lowest BCUT2D eigenvalue weighted by molar-refractivity contribution is -0.142. The molecule has 6 heteroatoms. The van der Waals surface area contributed by atoms with Crippen LogP contribution in [0.2, 0.25) is 0 Å². The molecular weight excluding hydrogens is 436 g/mol. The summed E-state index contributed by atoms with van der Waals surface area (Å²) in [5.41, 5.74) is 4.05. The average Bonchev–Trinajstić information content (AvgIpc) is 3.28. The van der Waals surface area contributed by atoms with Gasteiger partial charge in [0.05, 0.1) is 23.5 Å². The van der Waals surface area contributed by atoms with E-state index >= 15 is 0 Å². The molecule has 0 bridgehead atoms. The maximum Gasteiger partial charge on any atom is 0.247 e. The molecule has 0 unspecified atom stereocenters. The smallest absolute Gasteiger partial charge is 0.247 e. The molecule has 2 atom stereocenters. The van der Waals surface area contributed by atoms with Crippen molar-refractivity contribution in [2.45, 2.75) is 44.8 Å². The molecule has 35 heavy (non-hydrogen) atoms. The van der Waals surface area contributed by atoms with E-state index in [0.717, 1.165) is 35.3 Å². The lowest BCUT2D eigenvalue weighted by Gasteiger charge is -2.38. The number of para-hydroxylation sites is 2. The van der Waals surface area contributed by atoms with E-state index in [9.17, 15) is 9.59 Å². The van der Waals surface area contributed by atoms with Crippen LogP contribution in [0, 0.1) is 0 Å². The van der Waals surface area contributed by atoms with Crippen molar-refractivity contribution in [3.8, 4) is 0 Å². The Morgan fingerprint density at radius 2 is 1.57 bits per heavy atom. The third-order valence-corrected chi connectivity index (χ3v) is 6.73. The lowest BCUT2D eigenvalue weighted by Crippen LogP contribution is -2.46. The second-order valence-electron chi connectivity index (χ2n) is 9.12. The molecule has 1 aromatic heterocycles. The predicted molar refractivity (Wildman–Crippen MR) is 137 cm³/mol. The van der Waals surface area contributed by atoms with Crippen LogP contribution < -0.4 is 5.32 Å². The number of rotatable bonds is 8. The number of carbonyl (C=O) groups excluding carboxylic acids is 2. The zero-order chi connectivity index (χ0) is 24.2. The molecule has 1 aliphatic heterocycles. The van der Waals surface area contributed by atoms with Crippen molar-refractivity contribution in [2.75, 3.05) is 6.54 Å². The first-order valence-electron chi connectivity index (χ1n) is 12.2. The maximum atomic E-state index is 13.8. The van der Waals surface area contributed by atoms with E-state index < -0.39 is 6.04 Å². The van der Waals surface area contributed by atoms with Gasteiger partial charge in [-0.15, -0.1) is 0 Å². The SMILES string of the molecule is C[C@H]1c2nc3ccccc3n2[C@H](CC(=O)NCCCc2ccccc2)C(=O)N1Cc1ccccc1. The van der Waals surface area contributed by atoms with Gasteiger partial charge < -0.3 is 14.8 Å². The molecule has 3 aromatic carbocycles. The summed E-state index contributed by atoms with van der Waals surface area (Å²) in [6, 6.07) is 27.2. The van der Waals surface area contributed by atoms with Crippen LogP contribution in [0.15, 0.2) is 84.9 Å². The van der Waals surface area contributed by atoms with Gasteiger partial charge >= 0.3 is 0 Å². The fourth-order valence-corrected chi connectivity index (χ4v) is 4.90. The minimum absolute atomic E-state index is 0.0450. The summed E-state index contributed by atoms with van der Waals surface area (Å²) in [6.45, 7) is 3.08. The second-order valence-corrected chi connectivity index (χ2v) is 9.12. The molecule has 2 amide bonds. The van der Waals surface area contributed by atoms with Gasteiger partial charge in [0.25, 0.3) is 0 Å². The van der Waals surface area contributed by atoms with Gasteiger partial charge in [0.2, 0.25) is 11.8 Å². The minimum atomic E-state index is -0.619. The summed E-state index contributed by atoms with van der Waals surface area (Å²) in [7, 11) is 0. The molecule has 4 aromatic rings. The standard InChI is InChI=1S/C29H30N4O2/c1-21-28-31-24-16-8-9-17-25(24)33(28)26(29(35)32(21)20-23-13-6-3-7-14-23)19-27(34)30-18-10-15-22-11-4-2-5-12-22/h2-9,11-14,16-17,21,26H,10,15,18-20H2,1H3,(H,30,34)/t21-,26+/m0/s1. The van der Waals surface area contributed by atoms with Crippen molar-refractivity contribution in [2.24, 2.45) is 0 Å². The summed E-state index contributed by atoms with van der Waals surface area (Å²) in [5, 5.41) is 3.02. The number of hydrogen-bond donors (Lipinski definition) is 1. The molecule has 1 N–H and O–H groups in total. The quantitative estimate of drug-likeness (QED) is 0.379. The lowest BCUT2D eigenvalue weighted by atomic mass is 10.0. The van der Waals surface area contributed by atoms with Crippen LogP contribution in [-0.4, -0.2) is 32.8 Å². The first kappa shape index (κ1) is 22.8. The van der Waals surface area contributed by atoms with Crippen LogP contribution in [0.5, 0.6) is 0 Å². The third-order valence-electron chi connectivity index (χ3n) is 6.73. The van der Waals surface area contributed by atoms with Crippen molar-refractivity contribution in [3.63, 3.8) is 0 Å². The monoisotopic (exact) mass is 466 g/mol. The number of hydrogen-bond acceptors (Lipinski definition) is 3. The number of amides is 2. The largest absolute Gasteiger partial charge is 0.356 e. The Morgan fingerprint density at radius 1 is 0.914 bits per heavy atom. The molecule has 178 valence electrons. The number of nitrogens with one attached hydrogen (secondary N) is 1. The number of nitrogens with zero attached hydrogens (tertiary/aromatic N) is 3. The summed E-state index contributed by atoms with van der Waals surface area (Å²) in [6.07, 6.45) is 1.85. The molecule has 0 fully saturated rings. The van der Waals surface area contributed by atoms with Gasteiger partial charge in [-0.2, -0.15) is 0 Å². The Kier molecular flexibility index (Phi) is 6.62. The van der Waals surface area contributed by atoms with Crippen LogP contribution in [0.1, 0.15) is 48.8 Å². The normalized spacial score (nSPS) is 17.4. The van der Waals surface area contributed by atoms with Gasteiger partial charge in [0.1, 0.15) is 11.9 Å². The van der Waals surface area contributed by atoms with Crippen molar-refractivity contribution in [3.05, 3.63) is 102 Å². The number of fused-ring (bicyclic) bond motifs is 3. The number of imidazole rings is 1. The molecule has 0 aliphatic carbocycles. The van der Waals surface area contributed by atoms with E-state index in [-0.39, 0.29) is 24.3 Å². The minimum Gasteiger partial charge on any atom is -0.356 e. The molecule has 0 spiro atoms. The van der Waals surface area contributed by atoms with E-state index in [1.54, 1.807) is 0 Å². The van der Waals surface area contributed by atoms with Gasteiger partial charge in [-0.3, -0.25) is 9.59 Å². The second kappa shape index (κ2) is 10.1. The Bertz CT molecular complexity index is 1320. The first-order chi connectivity index (χ1) is 17.1. The van der Waals surface area contributed by atoms with Crippen LogP contribution in [0.3, 0.4) is 0 Å². The van der Waals surface area contributed by atoms with Crippen molar-refractivity contribution in [1.29, 1.82) is 0 Å². The average molecular weight is 467 g/mol. The molecular formula is C29H30N4O2. The summed E-state index contributed by atoms with van der Waals surface area (Å²) < 4.78 is 1.98. The molecule has 2 heterocycles. The van der Waals surface area contributed by atoms with E-state index in [2.05, 4.69) is 17.4 Å². The number of aryl methyl sites for hydroxylation is 1. The highest BCUT2D eigenvalue weighted by atomic mass is 16.2. The number of aromatic nitrogens is 2. The van der Waals surface area contributed by atoms with Gasteiger partial charge in [-0.25, -0.2) is 4.98 Å². The zero-order valence-corrected chi connectivity index (χ0v) is 19.9. The zero-order valence-electron chi connectivity index (χ0n) is 19.9. The van der Waals surface area contributed by atoms with Crippen LogP contribution >= 0.6 is 0 Å². The van der Waals surface area contributed by atoms with E-state index in [4.69, 9.17) is 4.98 Å². The van der Waals surface area contributed by atoms with Crippen molar-refractivity contribution < 1.29 is 9.59 Å². The highest BCUT2D eigenvalue weighted by Crippen LogP contribution is 2.37. The van der Waals surface area contributed by atoms with Crippen molar-refractivity contribution in [1.82, 2.24) is 19.8 Å². The number of benzene rings is 3. The Balaban J connectivity index is 1.35. The fourth-order valence-electron chi connectivity index (χ4n) is 4.90.